The van der Waals surface area contributed by atoms with Crippen molar-refractivity contribution in [3.63, 3.8) is 0 Å². The standard InChI is InChI=1S/C25H29Cl2N3O3/c1-16(23(31)14-28)30(2)25-8-6-4-5-7-17(15-29-25)24-10-9-18(33-24)11-20-21(26)12-19(32-3)13-22(20)27/h7-10,12-13,15-16H,4-6,11,14,28H2,1-3H3/b17-7+,25-8-,29-15-. The van der Waals surface area contributed by atoms with E-state index in [0.717, 1.165) is 42.0 Å². The number of rotatable bonds is 8. The van der Waals surface area contributed by atoms with Crippen molar-refractivity contribution < 1.29 is 13.9 Å². The normalized spacial score (nSPS) is 19.2. The van der Waals surface area contributed by atoms with Crippen molar-refractivity contribution in [3.8, 4) is 5.75 Å². The Morgan fingerprint density at radius 3 is 2.61 bits per heavy atom. The molecule has 2 heterocycles. The maximum Gasteiger partial charge on any atom is 0.168 e. The van der Waals surface area contributed by atoms with Crippen molar-refractivity contribution >= 4 is 40.8 Å². The summed E-state index contributed by atoms with van der Waals surface area (Å²) in [6.07, 6.45) is 9.12. The Labute approximate surface area is 204 Å². The summed E-state index contributed by atoms with van der Waals surface area (Å²) in [5.74, 6) is 2.77. The molecule has 1 atom stereocenters. The van der Waals surface area contributed by atoms with Gasteiger partial charge in [0.05, 0.1) is 19.7 Å². The molecule has 1 aromatic carbocycles. The average molecular weight is 490 g/mol. The lowest BCUT2D eigenvalue weighted by Crippen LogP contribution is -2.38. The van der Waals surface area contributed by atoms with E-state index in [4.69, 9.17) is 38.1 Å². The van der Waals surface area contributed by atoms with Crippen LogP contribution in [0.4, 0.5) is 0 Å². The smallest absolute Gasteiger partial charge is 0.168 e. The number of hydrogen-bond acceptors (Lipinski definition) is 6. The number of methoxy groups -OCH3 is 1. The van der Waals surface area contributed by atoms with Crippen molar-refractivity contribution in [3.05, 3.63) is 69.4 Å². The van der Waals surface area contributed by atoms with Gasteiger partial charge in [-0.05, 0) is 62.1 Å². The van der Waals surface area contributed by atoms with Gasteiger partial charge in [-0.1, -0.05) is 29.3 Å². The molecule has 0 aliphatic carbocycles. The molecule has 6 nitrogen and oxygen atoms in total. The van der Waals surface area contributed by atoms with Gasteiger partial charge in [0.2, 0.25) is 0 Å². The number of benzene rings is 1. The molecule has 0 spiro atoms. The molecule has 3 rings (SSSR count). The number of carbonyl (C=O) groups excluding carboxylic acids is 1. The number of aliphatic imine (C=N–C) groups is 1. The van der Waals surface area contributed by atoms with Gasteiger partial charge in [0.15, 0.2) is 5.78 Å². The van der Waals surface area contributed by atoms with Crippen LogP contribution in [0.15, 0.2) is 51.6 Å². The lowest BCUT2D eigenvalue weighted by atomic mass is 10.1. The van der Waals surface area contributed by atoms with Crippen molar-refractivity contribution in [2.45, 2.75) is 38.6 Å². The van der Waals surface area contributed by atoms with Gasteiger partial charge in [-0.3, -0.25) is 4.79 Å². The van der Waals surface area contributed by atoms with Gasteiger partial charge in [-0.2, -0.15) is 0 Å². The molecule has 0 saturated heterocycles. The van der Waals surface area contributed by atoms with E-state index < -0.39 is 0 Å². The third-order valence-electron chi connectivity index (χ3n) is 5.69. The molecule has 33 heavy (non-hydrogen) atoms. The van der Waals surface area contributed by atoms with Crippen LogP contribution in [0.25, 0.3) is 5.57 Å². The van der Waals surface area contributed by atoms with Crippen molar-refractivity contribution in [2.24, 2.45) is 10.7 Å². The van der Waals surface area contributed by atoms with Crippen LogP contribution >= 0.6 is 23.2 Å². The first kappa shape index (κ1) is 25.1. The number of nitrogens with two attached hydrogens (primary N) is 1. The Balaban J connectivity index is 1.81. The van der Waals surface area contributed by atoms with Crippen LogP contribution in [0.2, 0.25) is 10.0 Å². The quantitative estimate of drug-likeness (QED) is 0.528. The molecule has 0 bridgehead atoms. The molecule has 0 saturated carbocycles. The molecular formula is C25H29Cl2N3O3. The topological polar surface area (TPSA) is 81.1 Å². The number of furan rings is 1. The molecule has 1 aliphatic heterocycles. The second-order valence-corrected chi connectivity index (χ2v) is 8.69. The fourth-order valence-corrected chi connectivity index (χ4v) is 4.10. The highest BCUT2D eigenvalue weighted by Gasteiger charge is 2.19. The molecule has 0 radical (unpaired) electrons. The molecule has 2 aromatic rings. The molecule has 176 valence electrons. The average Bonchev–Trinajstić information content (AvgIpc) is 3.31. The number of allylic oxidation sites excluding steroid dienone is 3. The first-order valence-corrected chi connectivity index (χ1v) is 11.6. The van der Waals surface area contributed by atoms with Crippen LogP contribution in [0, 0.1) is 0 Å². The summed E-state index contributed by atoms with van der Waals surface area (Å²) in [4.78, 5) is 18.6. The number of ketones is 1. The largest absolute Gasteiger partial charge is 0.497 e. The zero-order valence-electron chi connectivity index (χ0n) is 19.1. The zero-order valence-corrected chi connectivity index (χ0v) is 20.6. The van der Waals surface area contributed by atoms with Crippen molar-refractivity contribution in [2.75, 3.05) is 20.7 Å². The predicted molar refractivity (Wildman–Crippen MR) is 134 cm³/mol. The SMILES string of the molecule is COc1cc(Cl)c(Cc2ccc(C3=C/CCC/C=C(N(C)C(C)C(=O)CN)/N=C\3)o2)c(Cl)c1. The minimum Gasteiger partial charge on any atom is -0.497 e. The summed E-state index contributed by atoms with van der Waals surface area (Å²) in [7, 11) is 3.43. The first-order chi connectivity index (χ1) is 15.8. The minimum absolute atomic E-state index is 0.00501. The fraction of sp³-hybridized carbons (Fsp3) is 0.360. The number of hydrogen-bond donors (Lipinski definition) is 1. The van der Waals surface area contributed by atoms with Gasteiger partial charge < -0.3 is 19.8 Å². The Hall–Kier alpha value is -2.54. The summed E-state index contributed by atoms with van der Waals surface area (Å²) < 4.78 is 11.3. The van der Waals surface area contributed by atoms with Crippen LogP contribution < -0.4 is 10.5 Å². The van der Waals surface area contributed by atoms with Gasteiger partial charge in [0.25, 0.3) is 0 Å². The second-order valence-electron chi connectivity index (χ2n) is 7.88. The van der Waals surface area contributed by atoms with Crippen LogP contribution in [-0.4, -0.2) is 43.6 Å². The van der Waals surface area contributed by atoms with E-state index in [2.05, 4.69) is 17.1 Å². The number of nitrogens with zero attached hydrogens (tertiary/aromatic N) is 2. The van der Waals surface area contributed by atoms with Crippen molar-refractivity contribution in [1.82, 2.24) is 4.90 Å². The molecule has 8 heteroatoms. The highest BCUT2D eigenvalue weighted by Crippen LogP contribution is 2.33. The Morgan fingerprint density at radius 2 is 1.94 bits per heavy atom. The Kier molecular flexibility index (Phi) is 8.78. The highest BCUT2D eigenvalue weighted by atomic mass is 35.5. The van der Waals surface area contributed by atoms with E-state index >= 15 is 0 Å². The van der Waals surface area contributed by atoms with Gasteiger partial charge in [-0.15, -0.1) is 0 Å². The van der Waals surface area contributed by atoms with E-state index in [1.165, 1.54) is 0 Å². The number of Topliss-reactive ketones (excluding diaryl/α,β-unsaturated/α-hetero) is 1. The van der Waals surface area contributed by atoms with Gasteiger partial charge in [-0.25, -0.2) is 4.99 Å². The summed E-state index contributed by atoms with van der Waals surface area (Å²) in [5.41, 5.74) is 7.19. The maximum atomic E-state index is 12.0. The highest BCUT2D eigenvalue weighted by molar-refractivity contribution is 6.36. The zero-order chi connectivity index (χ0) is 24.0. The molecular weight excluding hydrogens is 461 g/mol. The van der Waals surface area contributed by atoms with E-state index in [9.17, 15) is 4.79 Å². The summed E-state index contributed by atoms with van der Waals surface area (Å²) in [6.45, 7) is 1.84. The molecule has 0 amide bonds. The first-order valence-electron chi connectivity index (χ1n) is 10.8. The van der Waals surface area contributed by atoms with E-state index in [1.54, 1.807) is 25.5 Å². The van der Waals surface area contributed by atoms with Crippen molar-refractivity contribution in [1.29, 1.82) is 0 Å². The fourth-order valence-electron chi connectivity index (χ4n) is 3.50. The summed E-state index contributed by atoms with van der Waals surface area (Å²) >= 11 is 12.8. The lowest BCUT2D eigenvalue weighted by molar-refractivity contribution is -0.121. The third-order valence-corrected chi connectivity index (χ3v) is 6.37. The van der Waals surface area contributed by atoms with Gasteiger partial charge in [0, 0.05) is 35.3 Å². The van der Waals surface area contributed by atoms with Crippen LogP contribution in [0.1, 0.15) is 43.3 Å². The van der Waals surface area contributed by atoms with E-state index in [0.29, 0.717) is 28.0 Å². The maximum absolute atomic E-state index is 12.0. The number of halogens is 2. The number of ether oxygens (including phenoxy) is 1. The number of carbonyl (C=O) groups is 1. The second kappa shape index (κ2) is 11.5. The Morgan fingerprint density at radius 1 is 1.24 bits per heavy atom. The molecule has 1 aromatic heterocycles. The van der Waals surface area contributed by atoms with Crippen LogP contribution in [0.5, 0.6) is 5.75 Å². The number of likely N-dealkylation sites (N-methyl/N-ethyl adjacent to an activating group) is 1. The summed E-state index contributed by atoms with van der Waals surface area (Å²) in [5, 5.41) is 1.05. The molecule has 0 fully saturated rings. The van der Waals surface area contributed by atoms with E-state index in [1.807, 2.05) is 31.0 Å². The van der Waals surface area contributed by atoms with E-state index in [-0.39, 0.29) is 18.4 Å². The minimum atomic E-state index is -0.346. The third kappa shape index (κ3) is 6.28. The predicted octanol–water partition coefficient (Wildman–Crippen LogP) is 5.51. The lowest BCUT2D eigenvalue weighted by Gasteiger charge is -2.25. The molecule has 1 unspecified atom stereocenters. The molecule has 2 N–H and O–H groups in total. The van der Waals surface area contributed by atoms with Gasteiger partial charge in [0.1, 0.15) is 23.1 Å². The van der Waals surface area contributed by atoms with Crippen LogP contribution in [0.3, 0.4) is 0 Å². The molecule has 1 aliphatic rings. The summed E-state index contributed by atoms with van der Waals surface area (Å²) in [6, 6.07) is 6.96. The monoisotopic (exact) mass is 489 g/mol. The van der Waals surface area contributed by atoms with Gasteiger partial charge >= 0.3 is 0 Å². The Bertz CT molecular complexity index is 1070. The van der Waals surface area contributed by atoms with Crippen LogP contribution in [-0.2, 0) is 11.2 Å².